The fraction of sp³-hybridized carbons (Fsp3) is 0.429. The van der Waals surface area contributed by atoms with Gasteiger partial charge in [0.05, 0.1) is 0 Å². The molecule has 0 saturated heterocycles. The lowest BCUT2D eigenvalue weighted by Crippen LogP contribution is -2.40. The molecule has 0 unspecified atom stereocenters. The molecule has 17 heavy (non-hydrogen) atoms. The fourth-order valence-corrected chi connectivity index (χ4v) is 3.35. The summed E-state index contributed by atoms with van der Waals surface area (Å²) in [5.74, 6) is 0.270. The maximum Gasteiger partial charge on any atom is 0.185 e. The Morgan fingerprint density at radius 3 is 2.18 bits per heavy atom. The SMILES string of the molecule is C/C=C(\O)[C@@](C)(O[Si](C)(C)C)c1ccccc1. The third-order valence-electron chi connectivity index (χ3n) is 2.60. The zero-order valence-electron chi connectivity index (χ0n) is 11.3. The van der Waals surface area contributed by atoms with Gasteiger partial charge in [-0.25, -0.2) is 0 Å². The van der Waals surface area contributed by atoms with Crippen LogP contribution in [0.1, 0.15) is 19.4 Å². The molecule has 94 valence electrons. The molecule has 1 aromatic rings. The van der Waals surface area contributed by atoms with Crippen LogP contribution in [0.15, 0.2) is 42.2 Å². The van der Waals surface area contributed by atoms with E-state index >= 15 is 0 Å². The molecule has 0 spiro atoms. The maximum absolute atomic E-state index is 10.2. The van der Waals surface area contributed by atoms with Crippen LogP contribution in [-0.2, 0) is 10.0 Å². The molecule has 1 N–H and O–H groups in total. The Balaban J connectivity index is 3.21. The zero-order chi connectivity index (χ0) is 13.1. The lowest BCUT2D eigenvalue weighted by Gasteiger charge is -2.36. The molecule has 1 rings (SSSR count). The monoisotopic (exact) mass is 250 g/mol. The van der Waals surface area contributed by atoms with Crippen molar-refractivity contribution in [3.05, 3.63) is 47.7 Å². The molecule has 1 atom stereocenters. The van der Waals surface area contributed by atoms with Gasteiger partial charge in [0.1, 0.15) is 11.4 Å². The number of benzene rings is 1. The average Bonchev–Trinajstić information content (AvgIpc) is 2.26. The van der Waals surface area contributed by atoms with E-state index in [-0.39, 0.29) is 5.76 Å². The van der Waals surface area contributed by atoms with Crippen molar-refractivity contribution in [3.63, 3.8) is 0 Å². The lowest BCUT2D eigenvalue weighted by molar-refractivity contribution is 0.0686. The van der Waals surface area contributed by atoms with Crippen LogP contribution in [-0.4, -0.2) is 13.4 Å². The van der Waals surface area contributed by atoms with Crippen LogP contribution in [0.5, 0.6) is 0 Å². The minimum Gasteiger partial charge on any atom is -0.509 e. The quantitative estimate of drug-likeness (QED) is 0.640. The topological polar surface area (TPSA) is 29.5 Å². The highest BCUT2D eigenvalue weighted by Crippen LogP contribution is 2.34. The van der Waals surface area contributed by atoms with Gasteiger partial charge in [-0.2, -0.15) is 0 Å². The molecule has 0 heterocycles. The summed E-state index contributed by atoms with van der Waals surface area (Å²) < 4.78 is 6.18. The Morgan fingerprint density at radius 1 is 1.24 bits per heavy atom. The smallest absolute Gasteiger partial charge is 0.185 e. The van der Waals surface area contributed by atoms with Gasteiger partial charge in [-0.3, -0.25) is 0 Å². The van der Waals surface area contributed by atoms with Crippen molar-refractivity contribution < 1.29 is 9.53 Å². The van der Waals surface area contributed by atoms with Gasteiger partial charge < -0.3 is 9.53 Å². The third kappa shape index (κ3) is 3.45. The van der Waals surface area contributed by atoms with E-state index in [0.29, 0.717) is 0 Å². The highest BCUT2D eigenvalue weighted by atomic mass is 28.4. The largest absolute Gasteiger partial charge is 0.509 e. The van der Waals surface area contributed by atoms with Crippen molar-refractivity contribution in [2.24, 2.45) is 0 Å². The second-order valence-electron chi connectivity index (χ2n) is 5.29. The molecular weight excluding hydrogens is 228 g/mol. The van der Waals surface area contributed by atoms with Crippen molar-refractivity contribution in [1.29, 1.82) is 0 Å². The normalized spacial score (nSPS) is 16.6. The molecule has 1 aromatic carbocycles. The highest BCUT2D eigenvalue weighted by molar-refractivity contribution is 6.69. The van der Waals surface area contributed by atoms with Crippen LogP contribution in [0.3, 0.4) is 0 Å². The standard InChI is InChI=1S/C14H22O2Si/c1-6-13(15)14(2,16-17(3,4)5)12-10-8-7-9-11-12/h6-11,15H,1-5H3/b13-6-/t14-/m0/s1. The molecule has 0 amide bonds. The van der Waals surface area contributed by atoms with Crippen LogP contribution in [0, 0.1) is 0 Å². The third-order valence-corrected chi connectivity index (χ3v) is 3.62. The molecule has 2 nitrogen and oxygen atoms in total. The van der Waals surface area contributed by atoms with Crippen molar-refractivity contribution >= 4 is 8.32 Å². The first-order valence-corrected chi connectivity index (χ1v) is 9.32. The van der Waals surface area contributed by atoms with Crippen LogP contribution in [0.2, 0.25) is 19.6 Å². The summed E-state index contributed by atoms with van der Waals surface area (Å²) in [6, 6.07) is 9.86. The van der Waals surface area contributed by atoms with Gasteiger partial charge in [0.25, 0.3) is 0 Å². The van der Waals surface area contributed by atoms with E-state index in [1.807, 2.05) is 44.2 Å². The lowest BCUT2D eigenvalue weighted by atomic mass is 9.94. The summed E-state index contributed by atoms with van der Waals surface area (Å²) in [6.07, 6.45) is 1.70. The Kier molecular flexibility index (Phi) is 4.17. The van der Waals surface area contributed by atoms with Gasteiger partial charge in [0, 0.05) is 0 Å². The summed E-state index contributed by atoms with van der Waals surface area (Å²) in [7, 11) is -1.76. The first kappa shape index (κ1) is 14.0. The molecule has 0 saturated carbocycles. The molecule has 0 bridgehead atoms. The van der Waals surface area contributed by atoms with E-state index in [0.717, 1.165) is 5.56 Å². The second kappa shape index (κ2) is 5.06. The minimum atomic E-state index is -1.76. The summed E-state index contributed by atoms with van der Waals surface area (Å²) in [4.78, 5) is 0. The van der Waals surface area contributed by atoms with Gasteiger partial charge in [-0.15, -0.1) is 0 Å². The molecule has 0 fully saturated rings. The first-order valence-electron chi connectivity index (χ1n) is 5.91. The molecule has 0 aromatic heterocycles. The molecular formula is C14H22O2Si. The van der Waals surface area contributed by atoms with E-state index in [1.165, 1.54) is 0 Å². The molecule has 0 radical (unpaired) electrons. The van der Waals surface area contributed by atoms with Crippen LogP contribution in [0.4, 0.5) is 0 Å². The van der Waals surface area contributed by atoms with E-state index in [9.17, 15) is 5.11 Å². The van der Waals surface area contributed by atoms with Crippen LogP contribution in [0.25, 0.3) is 0 Å². The summed E-state index contributed by atoms with van der Waals surface area (Å²) in [6.45, 7) is 10.1. The van der Waals surface area contributed by atoms with Crippen molar-refractivity contribution in [2.45, 2.75) is 39.1 Å². The number of hydrogen-bond donors (Lipinski definition) is 1. The Bertz CT molecular complexity index is 392. The number of aliphatic hydroxyl groups is 1. The van der Waals surface area contributed by atoms with Gasteiger partial charge in [-0.1, -0.05) is 30.3 Å². The van der Waals surface area contributed by atoms with Gasteiger partial charge in [-0.05, 0) is 45.1 Å². The second-order valence-corrected chi connectivity index (χ2v) is 9.72. The number of rotatable bonds is 4. The fourth-order valence-electron chi connectivity index (χ4n) is 1.90. The first-order chi connectivity index (χ1) is 7.79. The summed E-state index contributed by atoms with van der Waals surface area (Å²) in [5.41, 5.74) is 0.249. The Hall–Kier alpha value is -1.06. The van der Waals surface area contributed by atoms with Crippen molar-refractivity contribution in [3.8, 4) is 0 Å². The molecule has 0 aliphatic carbocycles. The van der Waals surface area contributed by atoms with Gasteiger partial charge in [0.15, 0.2) is 8.32 Å². The molecule has 0 aliphatic rings. The molecule has 0 aliphatic heterocycles. The van der Waals surface area contributed by atoms with Crippen LogP contribution < -0.4 is 0 Å². The van der Waals surface area contributed by atoms with E-state index in [2.05, 4.69) is 19.6 Å². The van der Waals surface area contributed by atoms with Gasteiger partial charge >= 0.3 is 0 Å². The van der Waals surface area contributed by atoms with Crippen molar-refractivity contribution in [1.82, 2.24) is 0 Å². The summed E-state index contributed by atoms with van der Waals surface area (Å²) >= 11 is 0. The average molecular weight is 250 g/mol. The van der Waals surface area contributed by atoms with Crippen molar-refractivity contribution in [2.75, 3.05) is 0 Å². The van der Waals surface area contributed by atoms with E-state index in [1.54, 1.807) is 6.08 Å². The molecule has 3 heteroatoms. The Morgan fingerprint density at radius 2 is 1.76 bits per heavy atom. The number of hydrogen-bond acceptors (Lipinski definition) is 2. The van der Waals surface area contributed by atoms with E-state index in [4.69, 9.17) is 4.43 Å². The Labute approximate surface area is 105 Å². The van der Waals surface area contributed by atoms with Gasteiger partial charge in [0.2, 0.25) is 0 Å². The number of aliphatic hydroxyl groups excluding tert-OH is 1. The van der Waals surface area contributed by atoms with E-state index < -0.39 is 13.9 Å². The predicted molar refractivity (Wildman–Crippen MR) is 74.6 cm³/mol. The highest BCUT2D eigenvalue weighted by Gasteiger charge is 2.36. The van der Waals surface area contributed by atoms with Crippen LogP contribution >= 0.6 is 0 Å². The maximum atomic E-state index is 10.2. The summed E-state index contributed by atoms with van der Waals surface area (Å²) in [5, 5.41) is 10.2. The zero-order valence-corrected chi connectivity index (χ0v) is 12.3. The number of allylic oxidation sites excluding steroid dienone is 1. The predicted octanol–water partition coefficient (Wildman–Crippen LogP) is 4.22. The minimum absolute atomic E-state index is 0.270.